The summed E-state index contributed by atoms with van der Waals surface area (Å²) in [5.41, 5.74) is -0.411. The summed E-state index contributed by atoms with van der Waals surface area (Å²) >= 11 is 0.472. The molecule has 0 saturated carbocycles. The van der Waals surface area contributed by atoms with Crippen molar-refractivity contribution in [1.82, 2.24) is 14.8 Å². The van der Waals surface area contributed by atoms with E-state index in [0.29, 0.717) is 23.3 Å². The molecule has 0 radical (unpaired) electrons. The van der Waals surface area contributed by atoms with E-state index >= 15 is 0 Å². The Morgan fingerprint density at radius 1 is 1.07 bits per heavy atom. The third kappa shape index (κ3) is 4.41. The van der Waals surface area contributed by atoms with Crippen molar-refractivity contribution in [3.05, 3.63) is 52.0 Å². The van der Waals surface area contributed by atoms with Crippen molar-refractivity contribution in [3.63, 3.8) is 0 Å². The van der Waals surface area contributed by atoms with E-state index in [-0.39, 0.29) is 17.4 Å². The fourth-order valence-electron chi connectivity index (χ4n) is 2.16. The van der Waals surface area contributed by atoms with Crippen LogP contribution in [0, 0.1) is 0 Å². The third-order valence-corrected chi connectivity index (χ3v) is 4.40. The van der Waals surface area contributed by atoms with Crippen LogP contribution < -0.4 is 4.74 Å². The second kappa shape index (κ2) is 6.87. The molecule has 0 bridgehead atoms. The number of pyridine rings is 1. The molecule has 0 atom stereocenters. The van der Waals surface area contributed by atoms with E-state index < -0.39 is 22.9 Å². The first-order chi connectivity index (χ1) is 12.6. The Bertz CT molecular complexity index is 944. The number of aromatic nitrogens is 3. The Kier molecular flexibility index (Phi) is 4.89. The minimum atomic E-state index is -4.60. The number of hydrogen-bond acceptors (Lipinski definition) is 4. The Morgan fingerprint density at radius 3 is 2.37 bits per heavy atom. The highest BCUT2D eigenvalue weighted by Gasteiger charge is 2.34. The highest BCUT2D eigenvalue weighted by Crippen LogP contribution is 2.37. The number of aryl methyl sites for hydroxylation is 1. The number of ether oxygens (including phenoxy) is 1. The average Bonchev–Trinajstić information content (AvgIpc) is 3.22. The minimum Gasteiger partial charge on any atom is -0.438 e. The second-order valence-electron chi connectivity index (χ2n) is 5.42. The number of halogens is 6. The summed E-state index contributed by atoms with van der Waals surface area (Å²) in [6.45, 7) is 1.81. The molecule has 3 aromatic heterocycles. The van der Waals surface area contributed by atoms with E-state index in [4.69, 9.17) is 4.74 Å². The van der Waals surface area contributed by atoms with Gasteiger partial charge in [0.25, 0.3) is 0 Å². The van der Waals surface area contributed by atoms with Gasteiger partial charge in [0.1, 0.15) is 10.6 Å². The standard InChI is InChI=1S/C16H11F6N3OS/c1-2-9-5-13(25-4-3-11(24-25)15(17,18)19)23-14(6-9)26-10-7-12(27-8-10)16(20,21)22/h3-8H,2H2,1H3. The molecule has 0 aliphatic rings. The monoisotopic (exact) mass is 407 g/mol. The van der Waals surface area contributed by atoms with Crippen LogP contribution >= 0.6 is 11.3 Å². The summed E-state index contributed by atoms with van der Waals surface area (Å²) in [6.07, 6.45) is -7.48. The minimum absolute atomic E-state index is 0.0417. The summed E-state index contributed by atoms with van der Waals surface area (Å²) in [4.78, 5) is 3.22. The Morgan fingerprint density at radius 2 is 1.81 bits per heavy atom. The van der Waals surface area contributed by atoms with Gasteiger partial charge < -0.3 is 4.74 Å². The van der Waals surface area contributed by atoms with Gasteiger partial charge in [-0.15, -0.1) is 11.3 Å². The summed E-state index contributed by atoms with van der Waals surface area (Å²) in [7, 11) is 0. The number of rotatable bonds is 4. The Balaban J connectivity index is 1.92. The van der Waals surface area contributed by atoms with Crippen molar-refractivity contribution in [3.8, 4) is 17.4 Å². The lowest BCUT2D eigenvalue weighted by molar-refractivity contribution is -0.141. The van der Waals surface area contributed by atoms with Crippen molar-refractivity contribution in [2.45, 2.75) is 25.7 Å². The van der Waals surface area contributed by atoms with Crippen LogP contribution in [-0.4, -0.2) is 14.8 Å². The lowest BCUT2D eigenvalue weighted by Gasteiger charge is -2.09. The van der Waals surface area contributed by atoms with E-state index in [1.165, 1.54) is 17.5 Å². The van der Waals surface area contributed by atoms with Gasteiger partial charge in [0.15, 0.2) is 11.5 Å². The molecule has 27 heavy (non-hydrogen) atoms. The molecule has 3 heterocycles. The van der Waals surface area contributed by atoms with Gasteiger partial charge in [-0.25, -0.2) is 4.68 Å². The van der Waals surface area contributed by atoms with E-state index in [1.807, 2.05) is 0 Å². The zero-order valence-corrected chi connectivity index (χ0v) is 14.4. The summed E-state index contributed by atoms with van der Waals surface area (Å²) < 4.78 is 82.5. The zero-order valence-electron chi connectivity index (χ0n) is 13.6. The van der Waals surface area contributed by atoms with Crippen molar-refractivity contribution >= 4 is 11.3 Å². The molecular formula is C16H11F6N3OS. The largest absolute Gasteiger partial charge is 0.438 e. The molecule has 0 N–H and O–H groups in total. The van der Waals surface area contributed by atoms with Crippen LogP contribution in [0.25, 0.3) is 5.82 Å². The third-order valence-electron chi connectivity index (χ3n) is 3.45. The molecule has 4 nitrogen and oxygen atoms in total. The summed E-state index contributed by atoms with van der Waals surface area (Å²) in [6, 6.07) is 4.66. The van der Waals surface area contributed by atoms with E-state index in [9.17, 15) is 26.3 Å². The normalized spacial score (nSPS) is 12.4. The molecule has 0 amide bonds. The van der Waals surface area contributed by atoms with Crippen molar-refractivity contribution in [2.75, 3.05) is 0 Å². The van der Waals surface area contributed by atoms with E-state index in [2.05, 4.69) is 10.1 Å². The second-order valence-corrected chi connectivity index (χ2v) is 6.33. The molecule has 11 heteroatoms. The molecule has 0 saturated heterocycles. The number of thiophene rings is 1. The number of hydrogen-bond donors (Lipinski definition) is 0. The van der Waals surface area contributed by atoms with Gasteiger partial charge in [-0.2, -0.15) is 36.4 Å². The molecule has 0 aromatic carbocycles. The first-order valence-corrected chi connectivity index (χ1v) is 8.42. The molecule has 0 spiro atoms. The van der Waals surface area contributed by atoms with Crippen LogP contribution in [0.3, 0.4) is 0 Å². The molecule has 3 aromatic rings. The van der Waals surface area contributed by atoms with Crippen LogP contribution in [-0.2, 0) is 18.8 Å². The molecule has 0 aliphatic heterocycles. The van der Waals surface area contributed by atoms with E-state index in [0.717, 1.165) is 23.0 Å². The number of nitrogens with zero attached hydrogens (tertiary/aromatic N) is 3. The first-order valence-electron chi connectivity index (χ1n) is 7.54. The maximum atomic E-state index is 12.7. The van der Waals surface area contributed by atoms with Gasteiger partial charge in [-0.1, -0.05) is 6.92 Å². The van der Waals surface area contributed by atoms with Gasteiger partial charge in [0.2, 0.25) is 5.88 Å². The maximum absolute atomic E-state index is 12.7. The lowest BCUT2D eigenvalue weighted by atomic mass is 10.2. The summed E-state index contributed by atoms with van der Waals surface area (Å²) in [5.74, 6) is -0.0402. The molecular weight excluding hydrogens is 396 g/mol. The Labute approximate surface area is 153 Å². The van der Waals surface area contributed by atoms with Gasteiger partial charge in [0.05, 0.1) is 0 Å². The molecule has 0 fully saturated rings. The van der Waals surface area contributed by atoms with Crippen molar-refractivity contribution < 1.29 is 31.1 Å². The van der Waals surface area contributed by atoms with E-state index in [1.54, 1.807) is 6.92 Å². The Hall–Kier alpha value is -2.56. The molecule has 144 valence electrons. The van der Waals surface area contributed by atoms with Crippen LogP contribution in [0.4, 0.5) is 26.3 Å². The SMILES string of the molecule is CCc1cc(Oc2csc(C(F)(F)F)c2)nc(-n2ccc(C(F)(F)F)n2)c1. The lowest BCUT2D eigenvalue weighted by Crippen LogP contribution is -2.08. The first kappa shape index (κ1) is 19.2. The van der Waals surface area contributed by atoms with Crippen LogP contribution in [0.2, 0.25) is 0 Å². The van der Waals surface area contributed by atoms with Crippen molar-refractivity contribution in [2.24, 2.45) is 0 Å². The average molecular weight is 407 g/mol. The number of alkyl halides is 6. The predicted octanol–water partition coefficient (Wildman–Crippen LogP) is 5.72. The van der Waals surface area contributed by atoms with Gasteiger partial charge in [-0.3, -0.25) is 0 Å². The predicted molar refractivity (Wildman–Crippen MR) is 85.1 cm³/mol. The smallest absolute Gasteiger partial charge is 0.435 e. The maximum Gasteiger partial charge on any atom is 0.435 e. The zero-order chi connectivity index (χ0) is 19.8. The molecule has 0 aliphatic carbocycles. The van der Waals surface area contributed by atoms with Gasteiger partial charge in [0, 0.05) is 23.7 Å². The molecule has 3 rings (SSSR count). The fraction of sp³-hybridized carbons (Fsp3) is 0.250. The highest BCUT2D eigenvalue weighted by molar-refractivity contribution is 7.10. The fourth-order valence-corrected chi connectivity index (χ4v) is 2.84. The van der Waals surface area contributed by atoms with Gasteiger partial charge >= 0.3 is 12.4 Å². The van der Waals surface area contributed by atoms with Crippen LogP contribution in [0.5, 0.6) is 11.6 Å². The topological polar surface area (TPSA) is 39.9 Å². The van der Waals surface area contributed by atoms with Crippen LogP contribution in [0.1, 0.15) is 23.1 Å². The summed E-state index contributed by atoms with van der Waals surface area (Å²) in [5, 5.41) is 4.62. The quantitative estimate of drug-likeness (QED) is 0.520. The highest BCUT2D eigenvalue weighted by atomic mass is 32.1. The van der Waals surface area contributed by atoms with Gasteiger partial charge in [-0.05, 0) is 24.1 Å². The molecule has 0 unspecified atom stereocenters. The van der Waals surface area contributed by atoms with Crippen LogP contribution in [0.15, 0.2) is 35.8 Å². The van der Waals surface area contributed by atoms with Crippen molar-refractivity contribution in [1.29, 1.82) is 0 Å².